The molecule has 1 fully saturated rings. The molecule has 0 spiro atoms. The Labute approximate surface area is 142 Å². The van der Waals surface area contributed by atoms with Gasteiger partial charge >= 0.3 is 6.09 Å². The summed E-state index contributed by atoms with van der Waals surface area (Å²) in [4.78, 5) is 18.1. The lowest BCUT2D eigenvalue weighted by molar-refractivity contribution is -0.0349. The summed E-state index contributed by atoms with van der Waals surface area (Å²) in [5.74, 6) is 0. The van der Waals surface area contributed by atoms with Gasteiger partial charge in [-0.2, -0.15) is 0 Å². The fourth-order valence-corrected chi connectivity index (χ4v) is 3.14. The Morgan fingerprint density at radius 1 is 1.21 bits per heavy atom. The Hall–Kier alpha value is -2.14. The number of pyridine rings is 1. The van der Waals surface area contributed by atoms with Gasteiger partial charge < -0.3 is 14.7 Å². The molecule has 1 saturated heterocycles. The second-order valence-corrected chi connectivity index (χ2v) is 7.41. The van der Waals surface area contributed by atoms with Crippen LogP contribution in [0.15, 0.2) is 36.7 Å². The standard InChI is InChI=1S/C19H24N2O3/c1-18(2,3)24-17(22)21-10-8-19(23,9-11-21)16-13-20-12-14-6-4-5-7-15(14)16/h4-7,12-13,23H,8-11H2,1-3H3. The molecule has 2 heterocycles. The van der Waals surface area contributed by atoms with E-state index in [1.165, 1.54) is 0 Å². The number of hydrogen-bond acceptors (Lipinski definition) is 4. The van der Waals surface area contributed by atoms with Gasteiger partial charge in [0.2, 0.25) is 0 Å². The van der Waals surface area contributed by atoms with Gasteiger partial charge in [0, 0.05) is 36.4 Å². The van der Waals surface area contributed by atoms with Crippen LogP contribution in [0.1, 0.15) is 39.2 Å². The van der Waals surface area contributed by atoms with E-state index in [4.69, 9.17) is 4.74 Å². The third-order valence-corrected chi connectivity index (χ3v) is 4.41. The number of aromatic nitrogens is 1. The highest BCUT2D eigenvalue weighted by Gasteiger charge is 2.37. The lowest BCUT2D eigenvalue weighted by Crippen LogP contribution is -2.46. The fourth-order valence-electron chi connectivity index (χ4n) is 3.14. The molecule has 0 unspecified atom stereocenters. The first-order chi connectivity index (χ1) is 11.3. The number of carbonyl (C=O) groups is 1. The lowest BCUT2D eigenvalue weighted by atomic mass is 9.83. The van der Waals surface area contributed by atoms with E-state index >= 15 is 0 Å². The summed E-state index contributed by atoms with van der Waals surface area (Å²) in [6.07, 6.45) is 4.17. The van der Waals surface area contributed by atoms with E-state index in [-0.39, 0.29) is 6.09 Å². The van der Waals surface area contributed by atoms with Gasteiger partial charge in [0.1, 0.15) is 5.60 Å². The maximum Gasteiger partial charge on any atom is 0.410 e. The number of aliphatic hydroxyl groups is 1. The van der Waals surface area contributed by atoms with Crippen LogP contribution in [0.2, 0.25) is 0 Å². The average Bonchev–Trinajstić information content (AvgIpc) is 2.53. The molecule has 1 aliphatic rings. The number of nitrogens with zero attached hydrogens (tertiary/aromatic N) is 2. The van der Waals surface area contributed by atoms with Crippen LogP contribution in [0.25, 0.3) is 10.8 Å². The predicted octanol–water partition coefficient (Wildman–Crippen LogP) is 3.45. The topological polar surface area (TPSA) is 62.7 Å². The summed E-state index contributed by atoms with van der Waals surface area (Å²) in [5, 5.41) is 13.2. The number of piperidine rings is 1. The summed E-state index contributed by atoms with van der Waals surface area (Å²) in [5.41, 5.74) is -0.638. The van der Waals surface area contributed by atoms with Gasteiger partial charge in [-0.05, 0) is 39.0 Å². The molecule has 1 amide bonds. The van der Waals surface area contributed by atoms with Crippen LogP contribution in [-0.4, -0.2) is 39.8 Å². The van der Waals surface area contributed by atoms with Crippen molar-refractivity contribution in [1.29, 1.82) is 0 Å². The summed E-state index contributed by atoms with van der Waals surface area (Å²) in [7, 11) is 0. The molecule has 3 rings (SSSR count). The Morgan fingerprint density at radius 2 is 1.88 bits per heavy atom. The van der Waals surface area contributed by atoms with Gasteiger partial charge in [-0.3, -0.25) is 4.98 Å². The molecule has 0 saturated carbocycles. The smallest absolute Gasteiger partial charge is 0.410 e. The normalized spacial score (nSPS) is 17.8. The summed E-state index contributed by atoms with van der Waals surface area (Å²) >= 11 is 0. The van der Waals surface area contributed by atoms with Gasteiger partial charge in [-0.15, -0.1) is 0 Å². The van der Waals surface area contributed by atoms with Crippen molar-refractivity contribution in [2.24, 2.45) is 0 Å². The minimum Gasteiger partial charge on any atom is -0.444 e. The number of rotatable bonds is 1. The third-order valence-electron chi connectivity index (χ3n) is 4.41. The zero-order valence-corrected chi connectivity index (χ0v) is 14.5. The van der Waals surface area contributed by atoms with Crippen molar-refractivity contribution in [2.75, 3.05) is 13.1 Å². The third kappa shape index (κ3) is 3.36. The van der Waals surface area contributed by atoms with E-state index < -0.39 is 11.2 Å². The van der Waals surface area contributed by atoms with E-state index in [1.54, 1.807) is 17.3 Å². The van der Waals surface area contributed by atoms with Gasteiger partial charge in [0.05, 0.1) is 5.60 Å². The van der Waals surface area contributed by atoms with Crippen molar-refractivity contribution in [1.82, 2.24) is 9.88 Å². The lowest BCUT2D eigenvalue weighted by Gasteiger charge is -2.39. The van der Waals surface area contributed by atoms with Gasteiger partial charge in [-0.25, -0.2) is 4.79 Å². The van der Waals surface area contributed by atoms with Gasteiger partial charge in [0.25, 0.3) is 0 Å². The molecule has 2 aromatic rings. The molecule has 128 valence electrons. The maximum absolute atomic E-state index is 12.2. The number of amides is 1. The number of ether oxygens (including phenoxy) is 1. The molecular weight excluding hydrogens is 304 g/mol. The van der Waals surface area contributed by atoms with Crippen LogP contribution in [0.4, 0.5) is 4.79 Å². The molecule has 0 aliphatic carbocycles. The molecule has 1 aliphatic heterocycles. The van der Waals surface area contributed by atoms with Crippen LogP contribution in [-0.2, 0) is 10.3 Å². The average molecular weight is 328 g/mol. The largest absolute Gasteiger partial charge is 0.444 e. The first-order valence-corrected chi connectivity index (χ1v) is 8.32. The van der Waals surface area contributed by atoms with Crippen molar-refractivity contribution in [3.63, 3.8) is 0 Å². The van der Waals surface area contributed by atoms with E-state index in [2.05, 4.69) is 4.98 Å². The molecule has 0 atom stereocenters. The molecule has 1 N–H and O–H groups in total. The Kier molecular flexibility index (Phi) is 4.22. The number of benzene rings is 1. The van der Waals surface area contributed by atoms with Crippen LogP contribution in [0.5, 0.6) is 0 Å². The fraction of sp³-hybridized carbons (Fsp3) is 0.474. The SMILES string of the molecule is CC(C)(C)OC(=O)N1CCC(O)(c2cncc3ccccc23)CC1. The summed E-state index contributed by atoms with van der Waals surface area (Å²) in [6, 6.07) is 7.92. The highest BCUT2D eigenvalue weighted by Crippen LogP contribution is 2.36. The highest BCUT2D eigenvalue weighted by atomic mass is 16.6. The van der Waals surface area contributed by atoms with Gasteiger partial charge in [-0.1, -0.05) is 24.3 Å². The van der Waals surface area contributed by atoms with E-state index in [1.807, 2.05) is 45.0 Å². The first-order valence-electron chi connectivity index (χ1n) is 8.32. The molecule has 1 aromatic heterocycles. The Morgan fingerprint density at radius 3 is 2.54 bits per heavy atom. The molecule has 5 heteroatoms. The van der Waals surface area contributed by atoms with Crippen molar-refractivity contribution < 1.29 is 14.6 Å². The van der Waals surface area contributed by atoms with Crippen LogP contribution in [0.3, 0.4) is 0 Å². The van der Waals surface area contributed by atoms with Crippen molar-refractivity contribution in [3.8, 4) is 0 Å². The molecular formula is C19H24N2O3. The second-order valence-electron chi connectivity index (χ2n) is 7.41. The molecule has 24 heavy (non-hydrogen) atoms. The van der Waals surface area contributed by atoms with Crippen LogP contribution < -0.4 is 0 Å². The van der Waals surface area contributed by atoms with Gasteiger partial charge in [0.15, 0.2) is 0 Å². The highest BCUT2D eigenvalue weighted by molar-refractivity contribution is 5.85. The zero-order chi connectivity index (χ0) is 17.4. The molecule has 1 aromatic carbocycles. The molecule has 5 nitrogen and oxygen atoms in total. The number of hydrogen-bond donors (Lipinski definition) is 1. The van der Waals surface area contributed by atoms with E-state index in [0.29, 0.717) is 25.9 Å². The first kappa shape index (κ1) is 16.7. The van der Waals surface area contributed by atoms with E-state index in [0.717, 1.165) is 16.3 Å². The Bertz CT molecular complexity index is 738. The molecule has 0 radical (unpaired) electrons. The number of carbonyl (C=O) groups excluding carboxylic acids is 1. The second kappa shape index (κ2) is 6.06. The quantitative estimate of drug-likeness (QED) is 0.871. The van der Waals surface area contributed by atoms with Crippen molar-refractivity contribution in [3.05, 3.63) is 42.2 Å². The van der Waals surface area contributed by atoms with Crippen LogP contribution >= 0.6 is 0 Å². The minimum absolute atomic E-state index is 0.319. The number of fused-ring (bicyclic) bond motifs is 1. The number of likely N-dealkylation sites (tertiary alicyclic amines) is 1. The predicted molar refractivity (Wildman–Crippen MR) is 92.7 cm³/mol. The van der Waals surface area contributed by atoms with E-state index in [9.17, 15) is 9.90 Å². The minimum atomic E-state index is -0.966. The summed E-state index contributed by atoms with van der Waals surface area (Å²) in [6.45, 7) is 6.50. The Balaban J connectivity index is 1.78. The van der Waals surface area contributed by atoms with Crippen molar-refractivity contribution in [2.45, 2.75) is 44.8 Å². The van der Waals surface area contributed by atoms with Crippen molar-refractivity contribution >= 4 is 16.9 Å². The monoisotopic (exact) mass is 328 g/mol. The van der Waals surface area contributed by atoms with Crippen LogP contribution in [0, 0.1) is 0 Å². The maximum atomic E-state index is 12.2. The summed E-state index contributed by atoms with van der Waals surface area (Å²) < 4.78 is 5.41. The molecule has 0 bridgehead atoms. The zero-order valence-electron chi connectivity index (χ0n) is 14.5.